The Morgan fingerprint density at radius 3 is 2.67 bits per heavy atom. The van der Waals surface area contributed by atoms with Gasteiger partial charge in [-0.2, -0.15) is 0 Å². The van der Waals surface area contributed by atoms with Crippen LogP contribution in [0.2, 0.25) is 5.02 Å². The lowest BCUT2D eigenvalue weighted by atomic mass is 10.2. The fraction of sp³-hybridized carbons (Fsp3) is 0.188. The van der Waals surface area contributed by atoms with Crippen LogP contribution in [0.3, 0.4) is 0 Å². The van der Waals surface area contributed by atoms with Crippen molar-refractivity contribution in [3.05, 3.63) is 64.9 Å². The van der Waals surface area contributed by atoms with E-state index in [4.69, 9.17) is 11.6 Å². The summed E-state index contributed by atoms with van der Waals surface area (Å²) in [6, 6.07) is 14.2. The summed E-state index contributed by atoms with van der Waals surface area (Å²) in [5.74, 6) is -0.522. The van der Waals surface area contributed by atoms with Crippen LogP contribution in [0.1, 0.15) is 12.5 Å². The molecule has 5 heteroatoms. The fourth-order valence-electron chi connectivity index (χ4n) is 1.74. The zero-order valence-electron chi connectivity index (χ0n) is 11.5. The number of nitrogens with one attached hydrogen (secondary N) is 1. The first-order valence-electron chi connectivity index (χ1n) is 6.49. The van der Waals surface area contributed by atoms with E-state index >= 15 is 0 Å². The molecule has 2 aromatic carbocycles. The van der Waals surface area contributed by atoms with Crippen molar-refractivity contribution >= 4 is 29.3 Å². The highest BCUT2D eigenvalue weighted by Crippen LogP contribution is 2.27. The van der Waals surface area contributed by atoms with Crippen LogP contribution in [0.25, 0.3) is 0 Å². The van der Waals surface area contributed by atoms with E-state index in [0.717, 1.165) is 10.5 Å². The molecule has 1 unspecified atom stereocenters. The van der Waals surface area contributed by atoms with Crippen molar-refractivity contribution in [1.29, 1.82) is 0 Å². The monoisotopic (exact) mass is 323 g/mol. The number of halogens is 2. The second kappa shape index (κ2) is 7.48. The number of thioether (sulfide) groups is 1. The average Bonchev–Trinajstić information content (AvgIpc) is 2.49. The molecule has 0 radical (unpaired) electrons. The first-order valence-corrected chi connectivity index (χ1v) is 7.75. The van der Waals surface area contributed by atoms with E-state index in [9.17, 15) is 9.18 Å². The minimum atomic E-state index is -0.456. The Labute approximate surface area is 132 Å². The Kier molecular flexibility index (Phi) is 5.65. The van der Waals surface area contributed by atoms with Crippen LogP contribution in [-0.4, -0.2) is 11.2 Å². The van der Waals surface area contributed by atoms with Gasteiger partial charge in [-0.3, -0.25) is 4.79 Å². The third kappa shape index (κ3) is 4.76. The van der Waals surface area contributed by atoms with Crippen LogP contribution in [0.5, 0.6) is 0 Å². The third-order valence-electron chi connectivity index (χ3n) is 2.88. The first kappa shape index (κ1) is 15.9. The van der Waals surface area contributed by atoms with E-state index in [2.05, 4.69) is 5.32 Å². The van der Waals surface area contributed by atoms with Crippen molar-refractivity contribution in [2.75, 3.05) is 0 Å². The van der Waals surface area contributed by atoms with E-state index < -0.39 is 5.82 Å². The molecule has 0 aromatic heterocycles. The van der Waals surface area contributed by atoms with E-state index in [1.807, 2.05) is 37.3 Å². The summed E-state index contributed by atoms with van der Waals surface area (Å²) in [6.45, 7) is 2.30. The SMILES string of the molecule is CC(Sc1ccc(F)c(Cl)c1)C(=O)NCc1ccccc1. The van der Waals surface area contributed by atoms with Gasteiger partial charge in [0.2, 0.25) is 5.91 Å². The first-order chi connectivity index (χ1) is 10.1. The Bertz CT molecular complexity index is 621. The fourth-order valence-corrected chi connectivity index (χ4v) is 2.91. The summed E-state index contributed by atoms with van der Waals surface area (Å²) >= 11 is 7.08. The van der Waals surface area contributed by atoms with Gasteiger partial charge in [-0.05, 0) is 30.7 Å². The summed E-state index contributed by atoms with van der Waals surface area (Å²) in [5.41, 5.74) is 1.05. The summed E-state index contributed by atoms with van der Waals surface area (Å²) in [4.78, 5) is 12.8. The Hall–Kier alpha value is -1.52. The van der Waals surface area contributed by atoms with Gasteiger partial charge in [0.05, 0.1) is 10.3 Å². The number of benzene rings is 2. The van der Waals surface area contributed by atoms with Gasteiger partial charge in [0.25, 0.3) is 0 Å². The van der Waals surface area contributed by atoms with Crippen molar-refractivity contribution in [3.63, 3.8) is 0 Å². The minimum absolute atomic E-state index is 0.0655. The third-order valence-corrected chi connectivity index (χ3v) is 4.27. The standard InChI is InChI=1S/C16H15ClFNOS/c1-11(21-13-7-8-15(18)14(17)9-13)16(20)19-10-12-5-3-2-4-6-12/h2-9,11H,10H2,1H3,(H,19,20). The Morgan fingerprint density at radius 1 is 1.29 bits per heavy atom. The van der Waals surface area contributed by atoms with E-state index in [1.165, 1.54) is 23.9 Å². The molecule has 1 amide bonds. The lowest BCUT2D eigenvalue weighted by Gasteiger charge is -2.12. The summed E-state index contributed by atoms with van der Waals surface area (Å²) in [7, 11) is 0. The molecule has 0 aliphatic heterocycles. The molecule has 0 aliphatic carbocycles. The molecule has 1 atom stereocenters. The van der Waals surface area contributed by atoms with Crippen molar-refractivity contribution in [1.82, 2.24) is 5.32 Å². The largest absolute Gasteiger partial charge is 0.351 e. The number of carbonyl (C=O) groups is 1. The highest BCUT2D eigenvalue weighted by Gasteiger charge is 2.14. The van der Waals surface area contributed by atoms with Crippen LogP contribution in [0.4, 0.5) is 4.39 Å². The van der Waals surface area contributed by atoms with Gasteiger partial charge in [0, 0.05) is 11.4 Å². The van der Waals surface area contributed by atoms with Crippen LogP contribution >= 0.6 is 23.4 Å². The number of hydrogen-bond acceptors (Lipinski definition) is 2. The van der Waals surface area contributed by atoms with Gasteiger partial charge < -0.3 is 5.32 Å². The minimum Gasteiger partial charge on any atom is -0.351 e. The topological polar surface area (TPSA) is 29.1 Å². The number of rotatable bonds is 5. The second-order valence-corrected chi connectivity index (χ2v) is 6.36. The molecule has 0 saturated carbocycles. The lowest BCUT2D eigenvalue weighted by Crippen LogP contribution is -2.30. The molecule has 0 bridgehead atoms. The van der Waals surface area contributed by atoms with Gasteiger partial charge in [0.1, 0.15) is 5.82 Å². The molecule has 2 rings (SSSR count). The van der Waals surface area contributed by atoms with Gasteiger partial charge in [0.15, 0.2) is 0 Å². The van der Waals surface area contributed by atoms with Crippen molar-refractivity contribution < 1.29 is 9.18 Å². The number of hydrogen-bond donors (Lipinski definition) is 1. The lowest BCUT2D eigenvalue weighted by molar-refractivity contribution is -0.120. The molecule has 2 aromatic rings. The summed E-state index contributed by atoms with van der Waals surface area (Å²) < 4.78 is 13.1. The van der Waals surface area contributed by atoms with Crippen LogP contribution in [0, 0.1) is 5.82 Å². The zero-order valence-corrected chi connectivity index (χ0v) is 13.0. The predicted molar refractivity (Wildman–Crippen MR) is 85.0 cm³/mol. The van der Waals surface area contributed by atoms with E-state index in [0.29, 0.717) is 6.54 Å². The smallest absolute Gasteiger partial charge is 0.233 e. The predicted octanol–water partition coefficient (Wildman–Crippen LogP) is 4.28. The maximum atomic E-state index is 13.1. The molecule has 0 fully saturated rings. The molecule has 0 spiro atoms. The molecule has 0 aliphatic rings. The van der Waals surface area contributed by atoms with Crippen molar-refractivity contribution in [3.8, 4) is 0 Å². The van der Waals surface area contributed by atoms with Crippen molar-refractivity contribution in [2.45, 2.75) is 23.6 Å². The maximum Gasteiger partial charge on any atom is 0.233 e. The molecule has 1 N–H and O–H groups in total. The normalized spacial score (nSPS) is 12.0. The van der Waals surface area contributed by atoms with Crippen molar-refractivity contribution in [2.24, 2.45) is 0 Å². The van der Waals surface area contributed by atoms with Gasteiger partial charge in [-0.15, -0.1) is 11.8 Å². The molecule has 110 valence electrons. The van der Waals surface area contributed by atoms with Gasteiger partial charge >= 0.3 is 0 Å². The zero-order chi connectivity index (χ0) is 15.2. The summed E-state index contributed by atoms with van der Waals surface area (Å²) in [6.07, 6.45) is 0. The molecule has 0 saturated heterocycles. The number of amides is 1. The van der Waals surface area contributed by atoms with Gasteiger partial charge in [-0.25, -0.2) is 4.39 Å². The Balaban J connectivity index is 1.88. The molecular weight excluding hydrogens is 309 g/mol. The van der Waals surface area contributed by atoms with Crippen LogP contribution in [0.15, 0.2) is 53.4 Å². The second-order valence-electron chi connectivity index (χ2n) is 4.54. The van der Waals surface area contributed by atoms with Crippen LogP contribution < -0.4 is 5.32 Å². The highest BCUT2D eigenvalue weighted by molar-refractivity contribution is 8.00. The van der Waals surface area contributed by atoms with Gasteiger partial charge in [-0.1, -0.05) is 41.9 Å². The average molecular weight is 324 g/mol. The van der Waals surface area contributed by atoms with Crippen LogP contribution in [-0.2, 0) is 11.3 Å². The quantitative estimate of drug-likeness (QED) is 0.832. The summed E-state index contributed by atoms with van der Waals surface area (Å²) in [5, 5.41) is 2.66. The molecule has 21 heavy (non-hydrogen) atoms. The molecule has 2 nitrogen and oxygen atoms in total. The van der Waals surface area contributed by atoms with E-state index in [1.54, 1.807) is 6.07 Å². The maximum absolute atomic E-state index is 13.1. The Morgan fingerprint density at radius 2 is 2.00 bits per heavy atom. The highest BCUT2D eigenvalue weighted by atomic mass is 35.5. The molecule has 0 heterocycles. The van der Waals surface area contributed by atoms with E-state index in [-0.39, 0.29) is 16.2 Å². The number of carbonyl (C=O) groups excluding carboxylic acids is 1. The molecular formula is C16H15ClFNOS.